The van der Waals surface area contributed by atoms with Crippen molar-refractivity contribution in [2.45, 2.75) is 6.92 Å². The smallest absolute Gasteiger partial charge is 0.276 e. The molecular formula is C14H13ClN6O2S2. The average molecular weight is 397 g/mol. The van der Waals surface area contributed by atoms with Crippen molar-refractivity contribution in [1.82, 2.24) is 9.97 Å². The van der Waals surface area contributed by atoms with Gasteiger partial charge in [-0.1, -0.05) is 22.9 Å². The number of benzene rings is 1. The van der Waals surface area contributed by atoms with Crippen molar-refractivity contribution < 1.29 is 9.53 Å². The van der Waals surface area contributed by atoms with Gasteiger partial charge in [0.25, 0.3) is 5.91 Å². The minimum Gasteiger partial charge on any atom is -0.492 e. The molecule has 0 radical (unpaired) electrons. The van der Waals surface area contributed by atoms with E-state index in [1.54, 1.807) is 17.5 Å². The van der Waals surface area contributed by atoms with E-state index >= 15 is 0 Å². The number of halogens is 1. The molecule has 25 heavy (non-hydrogen) atoms. The molecule has 0 spiro atoms. The lowest BCUT2D eigenvalue weighted by molar-refractivity contribution is 0.102. The van der Waals surface area contributed by atoms with Crippen molar-refractivity contribution >= 4 is 66.6 Å². The number of rotatable bonds is 5. The summed E-state index contributed by atoms with van der Waals surface area (Å²) in [6, 6.07) is 3.49. The van der Waals surface area contributed by atoms with Gasteiger partial charge in [0.2, 0.25) is 5.13 Å². The summed E-state index contributed by atoms with van der Waals surface area (Å²) in [4.78, 5) is 24.6. The van der Waals surface area contributed by atoms with Crippen molar-refractivity contribution in [3.63, 3.8) is 0 Å². The van der Waals surface area contributed by atoms with Crippen LogP contribution in [0.1, 0.15) is 17.4 Å². The Morgan fingerprint density at radius 3 is 2.92 bits per heavy atom. The number of nitrogens with two attached hydrogens (primary N) is 2. The molecule has 0 fully saturated rings. The third-order valence-electron chi connectivity index (χ3n) is 2.93. The summed E-state index contributed by atoms with van der Waals surface area (Å²) in [5.74, 6) is 0.0781. The number of carbonyl (C=O) groups excluding carboxylic acids is 1. The van der Waals surface area contributed by atoms with E-state index in [0.717, 1.165) is 16.0 Å². The zero-order valence-electron chi connectivity index (χ0n) is 12.9. The van der Waals surface area contributed by atoms with Crippen molar-refractivity contribution in [3.05, 3.63) is 28.2 Å². The summed E-state index contributed by atoms with van der Waals surface area (Å²) in [6.45, 7) is 2.38. The quantitative estimate of drug-likeness (QED) is 0.449. The lowest BCUT2D eigenvalue weighted by Crippen LogP contribution is -2.21. The highest BCUT2D eigenvalue weighted by atomic mass is 35.5. The summed E-state index contributed by atoms with van der Waals surface area (Å²) in [6.07, 6.45) is 0. The molecule has 3 aromatic rings. The van der Waals surface area contributed by atoms with Crippen molar-refractivity contribution in [2.24, 2.45) is 16.5 Å². The standard InChI is InChI=1S/C14H13ClN6O2S2/c1-2-23-8-4-3-6(15)10-9(8)19-14(25-10)20-11(22)7-5-24-13(18-7)21-12(16)17/h3-5H,2H2,1H3,(H,19,20,22)(H4,16,17,18,21). The number of fused-ring (bicyclic) bond motifs is 1. The maximum absolute atomic E-state index is 12.3. The fraction of sp³-hybridized carbons (Fsp3) is 0.143. The van der Waals surface area contributed by atoms with Crippen molar-refractivity contribution in [1.29, 1.82) is 0 Å². The minimum absolute atomic E-state index is 0.120. The number of carbonyl (C=O) groups is 1. The number of guanidine groups is 1. The molecule has 8 nitrogen and oxygen atoms in total. The van der Waals surface area contributed by atoms with Crippen LogP contribution in [0.3, 0.4) is 0 Å². The number of hydrogen-bond acceptors (Lipinski definition) is 7. The van der Waals surface area contributed by atoms with Crippen LogP contribution in [0.5, 0.6) is 5.75 Å². The molecule has 1 aromatic carbocycles. The Balaban J connectivity index is 1.86. The molecule has 0 bridgehead atoms. The zero-order valence-corrected chi connectivity index (χ0v) is 15.3. The Kier molecular flexibility index (Phi) is 5.02. The van der Waals surface area contributed by atoms with Crippen LogP contribution in [-0.4, -0.2) is 28.4 Å². The van der Waals surface area contributed by atoms with Gasteiger partial charge in [0.05, 0.1) is 16.3 Å². The summed E-state index contributed by atoms with van der Waals surface area (Å²) in [7, 11) is 0. The number of nitrogens with one attached hydrogen (secondary N) is 1. The van der Waals surface area contributed by atoms with Gasteiger partial charge in [-0.2, -0.15) is 4.99 Å². The highest BCUT2D eigenvalue weighted by molar-refractivity contribution is 7.23. The molecule has 5 N–H and O–H groups in total. The monoisotopic (exact) mass is 396 g/mol. The molecule has 11 heteroatoms. The highest BCUT2D eigenvalue weighted by Gasteiger charge is 2.16. The normalized spacial score (nSPS) is 10.6. The molecule has 3 rings (SSSR count). The first-order valence-electron chi connectivity index (χ1n) is 7.06. The summed E-state index contributed by atoms with van der Waals surface area (Å²) >= 11 is 8.61. The van der Waals surface area contributed by atoms with E-state index in [0.29, 0.717) is 33.2 Å². The largest absolute Gasteiger partial charge is 0.492 e. The lowest BCUT2D eigenvalue weighted by Gasteiger charge is -2.03. The third-order valence-corrected chi connectivity index (χ3v) is 5.09. The van der Waals surface area contributed by atoms with Gasteiger partial charge < -0.3 is 16.2 Å². The predicted molar refractivity (Wildman–Crippen MR) is 101 cm³/mol. The molecule has 0 saturated heterocycles. The molecule has 1 amide bonds. The van der Waals surface area contributed by atoms with Crippen LogP contribution in [0.2, 0.25) is 5.02 Å². The van der Waals surface area contributed by atoms with Gasteiger partial charge in [-0.05, 0) is 19.1 Å². The summed E-state index contributed by atoms with van der Waals surface area (Å²) < 4.78 is 6.28. The Bertz CT molecular complexity index is 964. The van der Waals surface area contributed by atoms with E-state index in [-0.39, 0.29) is 11.7 Å². The van der Waals surface area contributed by atoms with Crippen molar-refractivity contribution in [3.8, 4) is 5.75 Å². The molecule has 0 unspecified atom stereocenters. The van der Waals surface area contributed by atoms with Gasteiger partial charge in [-0.15, -0.1) is 11.3 Å². The average Bonchev–Trinajstić information content (AvgIpc) is 3.17. The first-order valence-corrected chi connectivity index (χ1v) is 9.13. The van der Waals surface area contributed by atoms with Gasteiger partial charge in [0, 0.05) is 5.38 Å². The van der Waals surface area contributed by atoms with Gasteiger partial charge in [0.15, 0.2) is 11.1 Å². The van der Waals surface area contributed by atoms with E-state index < -0.39 is 5.91 Å². The zero-order chi connectivity index (χ0) is 18.0. The Morgan fingerprint density at radius 2 is 2.20 bits per heavy atom. The third kappa shape index (κ3) is 3.81. The summed E-state index contributed by atoms with van der Waals surface area (Å²) in [5, 5.41) is 5.49. The number of nitrogens with zero attached hydrogens (tertiary/aromatic N) is 3. The van der Waals surface area contributed by atoms with Crippen LogP contribution in [0, 0.1) is 0 Å². The number of aliphatic imine (C=N–C) groups is 1. The predicted octanol–water partition coefficient (Wildman–Crippen LogP) is 2.96. The minimum atomic E-state index is -0.415. The van der Waals surface area contributed by atoms with Crippen LogP contribution in [0.25, 0.3) is 10.2 Å². The Labute approximate surface area is 155 Å². The first kappa shape index (κ1) is 17.4. The molecule has 2 aromatic heterocycles. The molecule has 0 atom stereocenters. The SMILES string of the molecule is CCOc1ccc(Cl)c2sc(NC(=O)c3csc(N=C(N)N)n3)nc12. The second kappa shape index (κ2) is 7.21. The second-order valence-corrected chi connectivity index (χ2v) is 6.92. The number of hydrogen-bond donors (Lipinski definition) is 3. The van der Waals surface area contributed by atoms with Gasteiger partial charge in [-0.25, -0.2) is 9.97 Å². The van der Waals surface area contributed by atoms with E-state index in [9.17, 15) is 4.79 Å². The van der Waals surface area contributed by atoms with E-state index in [4.69, 9.17) is 27.8 Å². The van der Waals surface area contributed by atoms with E-state index in [1.165, 1.54) is 11.3 Å². The van der Waals surface area contributed by atoms with E-state index in [1.807, 2.05) is 6.92 Å². The van der Waals surface area contributed by atoms with Crippen LogP contribution in [0.15, 0.2) is 22.5 Å². The summed E-state index contributed by atoms with van der Waals surface area (Å²) in [5.41, 5.74) is 11.4. The maximum Gasteiger partial charge on any atom is 0.276 e. The Hall–Kier alpha value is -2.43. The number of amides is 1. The van der Waals surface area contributed by atoms with Gasteiger partial charge >= 0.3 is 0 Å². The Morgan fingerprint density at radius 1 is 1.40 bits per heavy atom. The fourth-order valence-corrected chi connectivity index (χ4v) is 3.81. The van der Waals surface area contributed by atoms with Crippen LogP contribution in [0.4, 0.5) is 10.3 Å². The molecule has 2 heterocycles. The van der Waals surface area contributed by atoms with Crippen LogP contribution < -0.4 is 21.5 Å². The second-order valence-electron chi connectivity index (χ2n) is 4.68. The first-order chi connectivity index (χ1) is 12.0. The number of anilines is 1. The lowest BCUT2D eigenvalue weighted by atomic mass is 10.3. The van der Waals surface area contributed by atoms with E-state index in [2.05, 4.69) is 20.3 Å². The van der Waals surface area contributed by atoms with Gasteiger partial charge in [0.1, 0.15) is 17.0 Å². The molecule has 0 saturated carbocycles. The molecule has 0 aliphatic rings. The molecule has 0 aliphatic carbocycles. The number of ether oxygens (including phenoxy) is 1. The molecule has 130 valence electrons. The molecule has 0 aliphatic heterocycles. The van der Waals surface area contributed by atoms with Crippen LogP contribution >= 0.6 is 34.3 Å². The fourth-order valence-electron chi connectivity index (χ4n) is 1.97. The topological polar surface area (TPSA) is 129 Å². The van der Waals surface area contributed by atoms with Gasteiger partial charge in [-0.3, -0.25) is 10.1 Å². The van der Waals surface area contributed by atoms with Crippen LogP contribution in [-0.2, 0) is 0 Å². The van der Waals surface area contributed by atoms with Crippen molar-refractivity contribution in [2.75, 3.05) is 11.9 Å². The number of aromatic nitrogens is 2. The maximum atomic E-state index is 12.3. The number of thiazole rings is 2. The highest BCUT2D eigenvalue weighted by Crippen LogP contribution is 2.37. The molecular weight excluding hydrogens is 384 g/mol.